The van der Waals surface area contributed by atoms with Gasteiger partial charge in [0.05, 0.1) is 18.8 Å². The van der Waals surface area contributed by atoms with Crippen molar-refractivity contribution in [3.05, 3.63) is 95.6 Å². The second kappa shape index (κ2) is 9.90. The maximum Gasteiger partial charge on any atom is 0.115 e. The van der Waals surface area contributed by atoms with Crippen molar-refractivity contribution in [2.75, 3.05) is 6.61 Å². The number of hydrogen-bond acceptors (Lipinski definition) is 5. The summed E-state index contributed by atoms with van der Waals surface area (Å²) in [5, 5.41) is 39.6. The molecule has 4 rings (SSSR count). The molecule has 0 saturated carbocycles. The summed E-state index contributed by atoms with van der Waals surface area (Å²) >= 11 is 0. The molecule has 0 aromatic heterocycles. The minimum atomic E-state index is -0.681. The zero-order chi connectivity index (χ0) is 22.5. The highest BCUT2D eigenvalue weighted by Crippen LogP contribution is 2.42. The van der Waals surface area contributed by atoms with Gasteiger partial charge in [-0.05, 0) is 71.8 Å². The summed E-state index contributed by atoms with van der Waals surface area (Å²) in [5.41, 5.74) is 2.77. The van der Waals surface area contributed by atoms with Crippen LogP contribution in [0.5, 0.6) is 17.2 Å². The fraction of sp³-hybridized carbons (Fsp3) is 0.259. The third kappa shape index (κ3) is 5.31. The molecule has 0 amide bonds. The van der Waals surface area contributed by atoms with E-state index < -0.39 is 6.10 Å². The largest absolute Gasteiger partial charge is 0.508 e. The zero-order valence-electron chi connectivity index (χ0n) is 17.7. The first-order valence-corrected chi connectivity index (χ1v) is 10.8. The number of hydrogen-bond donors (Lipinski definition) is 4. The van der Waals surface area contributed by atoms with Crippen molar-refractivity contribution in [1.82, 2.24) is 0 Å². The average molecular weight is 433 g/mol. The van der Waals surface area contributed by atoms with Crippen LogP contribution in [0.1, 0.15) is 41.7 Å². The number of aromatic hydroxyl groups is 3. The first-order chi connectivity index (χ1) is 15.5. The van der Waals surface area contributed by atoms with Crippen molar-refractivity contribution in [2.45, 2.75) is 25.0 Å². The minimum Gasteiger partial charge on any atom is -0.508 e. The lowest BCUT2D eigenvalue weighted by molar-refractivity contribution is -0.0900. The van der Waals surface area contributed by atoms with Gasteiger partial charge in [0.1, 0.15) is 17.2 Å². The molecule has 5 heteroatoms. The quantitative estimate of drug-likeness (QED) is 0.422. The van der Waals surface area contributed by atoms with E-state index in [0.717, 1.165) is 29.5 Å². The molecule has 32 heavy (non-hydrogen) atoms. The predicted octanol–water partition coefficient (Wildman–Crippen LogP) is 5.33. The lowest BCUT2D eigenvalue weighted by Gasteiger charge is -2.38. The molecular formula is C27H28O5. The van der Waals surface area contributed by atoms with Gasteiger partial charge >= 0.3 is 0 Å². The van der Waals surface area contributed by atoms with Crippen LogP contribution < -0.4 is 0 Å². The smallest absolute Gasteiger partial charge is 0.115 e. The van der Waals surface area contributed by atoms with Gasteiger partial charge in [0.2, 0.25) is 0 Å². The number of ether oxygens (including phenoxy) is 1. The number of aliphatic hydroxyl groups excluding tert-OH is 1. The molecule has 5 nitrogen and oxygen atoms in total. The summed E-state index contributed by atoms with van der Waals surface area (Å²) in [6, 6.07) is 20.8. The van der Waals surface area contributed by atoms with Gasteiger partial charge in [0, 0.05) is 5.92 Å². The predicted molar refractivity (Wildman–Crippen MR) is 123 cm³/mol. The van der Waals surface area contributed by atoms with Crippen LogP contribution in [0.25, 0.3) is 6.08 Å². The van der Waals surface area contributed by atoms with Crippen molar-refractivity contribution < 1.29 is 25.2 Å². The van der Waals surface area contributed by atoms with Crippen LogP contribution in [0.15, 0.2) is 78.9 Å². The Morgan fingerprint density at radius 2 is 1.38 bits per heavy atom. The molecule has 166 valence electrons. The molecule has 1 heterocycles. The maximum absolute atomic E-state index is 10.9. The zero-order valence-corrected chi connectivity index (χ0v) is 17.7. The molecule has 3 aromatic carbocycles. The van der Waals surface area contributed by atoms with Crippen LogP contribution in [0.3, 0.4) is 0 Å². The lowest BCUT2D eigenvalue weighted by Crippen LogP contribution is -2.32. The fourth-order valence-electron chi connectivity index (χ4n) is 4.32. The molecule has 0 aliphatic carbocycles. The molecule has 0 spiro atoms. The second-order valence-electron chi connectivity index (χ2n) is 8.37. The van der Waals surface area contributed by atoms with E-state index in [9.17, 15) is 20.4 Å². The van der Waals surface area contributed by atoms with Gasteiger partial charge < -0.3 is 25.2 Å². The Labute approximate surface area is 187 Å². The van der Waals surface area contributed by atoms with Gasteiger partial charge in [-0.25, -0.2) is 0 Å². The van der Waals surface area contributed by atoms with Gasteiger partial charge in [-0.3, -0.25) is 0 Å². The van der Waals surface area contributed by atoms with Crippen LogP contribution in [0, 0.1) is 11.8 Å². The topological polar surface area (TPSA) is 90.2 Å². The SMILES string of the molecule is Oc1ccc(/C=C/C[C@H]2C[C@@H]([C@@H](O)c3ccc(O)cc3)CO[C@H]2c2ccc(O)cc2)cc1. The first kappa shape index (κ1) is 21.9. The Balaban J connectivity index is 1.51. The molecule has 1 fully saturated rings. The number of rotatable bonds is 6. The highest BCUT2D eigenvalue weighted by atomic mass is 16.5. The Morgan fingerprint density at radius 1 is 0.812 bits per heavy atom. The average Bonchev–Trinajstić information content (AvgIpc) is 2.81. The monoisotopic (exact) mass is 432 g/mol. The van der Waals surface area contributed by atoms with Crippen LogP contribution >= 0.6 is 0 Å². The number of phenols is 3. The Bertz CT molecular complexity index is 1030. The highest BCUT2D eigenvalue weighted by Gasteiger charge is 2.35. The first-order valence-electron chi connectivity index (χ1n) is 10.8. The third-order valence-corrected chi connectivity index (χ3v) is 6.07. The van der Waals surface area contributed by atoms with E-state index in [4.69, 9.17) is 4.74 Å². The molecule has 4 atom stereocenters. The number of aliphatic hydroxyl groups is 1. The number of phenolic OH excluding ortho intramolecular Hbond substituents is 3. The standard InChI is InChI=1S/C27H28O5/c28-23-10-4-18(5-11-23)2-1-3-21-16-22(26(31)19-6-12-24(29)13-7-19)17-32-27(21)20-8-14-25(30)15-9-20/h1-2,4-15,21-22,26-31H,3,16-17H2/b2-1+/t21-,22+,26-,27-/m0/s1. The Kier molecular flexibility index (Phi) is 6.78. The molecule has 0 unspecified atom stereocenters. The fourth-order valence-corrected chi connectivity index (χ4v) is 4.32. The summed E-state index contributed by atoms with van der Waals surface area (Å²) < 4.78 is 6.26. The molecule has 3 aromatic rings. The normalized spacial score (nSPS) is 22.1. The Hall–Kier alpha value is -3.28. The van der Waals surface area contributed by atoms with Crippen LogP contribution in [-0.2, 0) is 4.74 Å². The van der Waals surface area contributed by atoms with Gasteiger partial charge in [0.15, 0.2) is 0 Å². The van der Waals surface area contributed by atoms with Crippen LogP contribution in [-0.4, -0.2) is 27.0 Å². The highest BCUT2D eigenvalue weighted by molar-refractivity contribution is 5.50. The lowest BCUT2D eigenvalue weighted by atomic mass is 9.79. The Morgan fingerprint density at radius 3 is 2.00 bits per heavy atom. The van der Waals surface area contributed by atoms with Crippen molar-refractivity contribution in [1.29, 1.82) is 0 Å². The summed E-state index contributed by atoms with van der Waals surface area (Å²) in [5.74, 6) is 0.694. The molecular weight excluding hydrogens is 404 g/mol. The van der Waals surface area contributed by atoms with E-state index in [1.807, 2.05) is 30.3 Å². The van der Waals surface area contributed by atoms with Crippen LogP contribution in [0.2, 0.25) is 0 Å². The van der Waals surface area contributed by atoms with Gasteiger partial charge in [-0.15, -0.1) is 0 Å². The van der Waals surface area contributed by atoms with Crippen LogP contribution in [0.4, 0.5) is 0 Å². The molecule has 4 N–H and O–H groups in total. The molecule has 0 radical (unpaired) electrons. The van der Waals surface area contributed by atoms with E-state index in [0.29, 0.717) is 6.61 Å². The summed E-state index contributed by atoms with van der Waals surface area (Å²) in [6.45, 7) is 0.422. The summed E-state index contributed by atoms with van der Waals surface area (Å²) in [4.78, 5) is 0. The van der Waals surface area contributed by atoms with Crippen molar-refractivity contribution >= 4 is 6.08 Å². The van der Waals surface area contributed by atoms with Gasteiger partial charge in [-0.2, -0.15) is 0 Å². The van der Waals surface area contributed by atoms with Gasteiger partial charge in [-0.1, -0.05) is 48.6 Å². The van der Waals surface area contributed by atoms with E-state index >= 15 is 0 Å². The van der Waals surface area contributed by atoms with E-state index in [2.05, 4.69) is 6.08 Å². The summed E-state index contributed by atoms with van der Waals surface area (Å²) in [6.07, 6.45) is 4.83. The minimum absolute atomic E-state index is 0.0695. The van der Waals surface area contributed by atoms with Crippen molar-refractivity contribution in [2.24, 2.45) is 11.8 Å². The van der Waals surface area contributed by atoms with E-state index in [1.165, 1.54) is 0 Å². The van der Waals surface area contributed by atoms with E-state index in [-0.39, 0.29) is 35.2 Å². The molecule has 1 aliphatic heterocycles. The summed E-state index contributed by atoms with van der Waals surface area (Å²) in [7, 11) is 0. The maximum atomic E-state index is 10.9. The molecule has 1 aliphatic rings. The van der Waals surface area contributed by atoms with Gasteiger partial charge in [0.25, 0.3) is 0 Å². The van der Waals surface area contributed by atoms with Crippen molar-refractivity contribution in [3.63, 3.8) is 0 Å². The van der Waals surface area contributed by atoms with E-state index in [1.54, 1.807) is 48.5 Å². The third-order valence-electron chi connectivity index (χ3n) is 6.07. The number of benzene rings is 3. The number of allylic oxidation sites excluding steroid dienone is 1. The molecule has 1 saturated heterocycles. The van der Waals surface area contributed by atoms with Crippen molar-refractivity contribution in [3.8, 4) is 17.2 Å². The molecule has 0 bridgehead atoms. The second-order valence-corrected chi connectivity index (χ2v) is 8.37.